The topological polar surface area (TPSA) is 47.7 Å². The van der Waals surface area contributed by atoms with Crippen molar-refractivity contribution in [1.29, 1.82) is 0 Å². The van der Waals surface area contributed by atoms with E-state index >= 15 is 0 Å². The number of piperidine rings is 1. The van der Waals surface area contributed by atoms with Crippen molar-refractivity contribution >= 4 is 0 Å². The van der Waals surface area contributed by atoms with Crippen molar-refractivity contribution in [2.75, 3.05) is 40.4 Å². The molecule has 2 unspecified atom stereocenters. The van der Waals surface area contributed by atoms with E-state index in [-0.39, 0.29) is 17.9 Å². The molecule has 2 fully saturated rings. The molecular weight excluding hydrogens is 662 g/mol. The van der Waals surface area contributed by atoms with Gasteiger partial charge in [0.15, 0.2) is 0 Å². The van der Waals surface area contributed by atoms with E-state index in [9.17, 15) is 4.39 Å². The maximum atomic E-state index is 13.4. The zero-order chi connectivity index (χ0) is 36.4. The van der Waals surface area contributed by atoms with Gasteiger partial charge >= 0.3 is 0 Å². The molecule has 6 aromatic rings. The first kappa shape index (κ1) is 36.2. The van der Waals surface area contributed by atoms with E-state index in [2.05, 4.69) is 96.8 Å². The number of hydrogen-bond donors (Lipinski definition) is 0. The molecule has 8 heteroatoms. The molecule has 0 spiro atoms. The molecule has 0 amide bonds. The van der Waals surface area contributed by atoms with Crippen molar-refractivity contribution in [2.24, 2.45) is 0 Å². The first-order chi connectivity index (χ1) is 26.1. The highest BCUT2D eigenvalue weighted by Gasteiger charge is 2.30. The number of rotatable bonds is 11. The lowest BCUT2D eigenvalue weighted by Gasteiger charge is -2.36. The van der Waals surface area contributed by atoms with Crippen LogP contribution >= 0.6 is 0 Å². The van der Waals surface area contributed by atoms with Gasteiger partial charge in [-0.25, -0.2) is 4.39 Å². The Morgan fingerprint density at radius 2 is 1.11 bits per heavy atom. The van der Waals surface area contributed by atoms with Gasteiger partial charge in [-0.05, 0) is 130 Å². The number of hydrogen-bond acceptors (Lipinski definition) is 5. The third-order valence-corrected chi connectivity index (χ3v) is 10.5. The Morgan fingerprint density at radius 3 is 1.72 bits per heavy atom. The van der Waals surface area contributed by atoms with E-state index in [1.165, 1.54) is 72.3 Å². The van der Waals surface area contributed by atoms with Crippen molar-refractivity contribution in [2.45, 2.75) is 50.7 Å². The molecule has 0 saturated carbocycles. The monoisotopic (exact) mass is 711 g/mol. The van der Waals surface area contributed by atoms with Crippen LogP contribution in [0.2, 0.25) is 0 Å². The van der Waals surface area contributed by atoms with Crippen LogP contribution in [0, 0.1) is 5.82 Å². The number of para-hydroxylation sites is 2. The predicted octanol–water partition coefficient (Wildman–Crippen LogP) is 9.33. The minimum atomic E-state index is -0.219. The number of aromatic nitrogens is 3. The van der Waals surface area contributed by atoms with Crippen LogP contribution in [0.25, 0.3) is 5.69 Å². The van der Waals surface area contributed by atoms with Crippen molar-refractivity contribution < 1.29 is 13.9 Å². The highest BCUT2D eigenvalue weighted by Crippen LogP contribution is 2.39. The fourth-order valence-electron chi connectivity index (χ4n) is 8.01. The van der Waals surface area contributed by atoms with Crippen LogP contribution in [0.3, 0.4) is 0 Å². The summed E-state index contributed by atoms with van der Waals surface area (Å²) < 4.78 is 29.3. The lowest BCUT2D eigenvalue weighted by Crippen LogP contribution is -2.35. The fraction of sp³-hybridized carbons (Fsp3) is 0.311. The molecule has 5 heterocycles. The molecule has 0 bridgehead atoms. The number of halogens is 1. The van der Waals surface area contributed by atoms with Gasteiger partial charge in [0.05, 0.1) is 26.3 Å². The maximum absolute atomic E-state index is 13.4. The van der Waals surface area contributed by atoms with Crippen molar-refractivity contribution in [3.63, 3.8) is 0 Å². The molecule has 53 heavy (non-hydrogen) atoms. The largest absolute Gasteiger partial charge is 0.496 e. The van der Waals surface area contributed by atoms with Crippen molar-refractivity contribution in [1.82, 2.24) is 23.9 Å². The minimum absolute atomic E-state index is 0.105. The molecule has 8 rings (SSSR count). The Balaban J connectivity index is 0.000000164. The Kier molecular flexibility index (Phi) is 12.0. The molecule has 2 saturated heterocycles. The summed E-state index contributed by atoms with van der Waals surface area (Å²) in [5.74, 6) is 1.64. The molecule has 7 nitrogen and oxygen atoms in total. The van der Waals surface area contributed by atoms with Crippen LogP contribution in [-0.2, 0) is 6.54 Å². The quantitative estimate of drug-likeness (QED) is 0.134. The summed E-state index contributed by atoms with van der Waals surface area (Å²) in [4.78, 5) is 9.26. The number of pyridine rings is 1. The molecule has 3 aromatic heterocycles. The summed E-state index contributed by atoms with van der Waals surface area (Å²) in [6.07, 6.45) is 14.2. The summed E-state index contributed by atoms with van der Waals surface area (Å²) in [6, 6.07) is 36.4. The SMILES string of the molecule is COc1ccccc1C(c1cccn1-c1ccc(F)cc1)N1CCCC1.COc1ccccc1C(c1cccn1Cc1ccncc1)N1CCCCC1. The zero-order valence-corrected chi connectivity index (χ0v) is 30.9. The van der Waals surface area contributed by atoms with Crippen molar-refractivity contribution in [3.8, 4) is 17.2 Å². The standard InChI is InChI=1S/C23H27N3O.C22H23FN2O/c1-27-22-10-4-3-8-20(22)23(25-15-5-2-6-16-25)21-9-7-17-26(21)18-19-11-13-24-14-12-19;1-26-21-9-3-2-7-19(21)22(24-14-4-5-15-24)20-8-6-16-25(20)18-12-10-17(23)11-13-18/h3-4,7-14,17,23H,2,5-6,15-16,18H2,1H3;2-3,6-13,16,22H,4-5,14-15H2,1H3. The average molecular weight is 712 g/mol. The van der Waals surface area contributed by atoms with Gasteiger partial charge in [-0.15, -0.1) is 0 Å². The third kappa shape index (κ3) is 8.40. The predicted molar refractivity (Wildman–Crippen MR) is 209 cm³/mol. The van der Waals surface area contributed by atoms with Gasteiger partial charge in [0.25, 0.3) is 0 Å². The highest BCUT2D eigenvalue weighted by atomic mass is 19.1. The van der Waals surface area contributed by atoms with Crippen molar-refractivity contribution in [3.05, 3.63) is 168 Å². The number of methoxy groups -OCH3 is 2. The van der Waals surface area contributed by atoms with Gasteiger partial charge in [0, 0.05) is 59.5 Å². The van der Waals surface area contributed by atoms with E-state index in [4.69, 9.17) is 9.47 Å². The molecule has 0 N–H and O–H groups in total. The van der Waals surface area contributed by atoms with Crippen LogP contribution in [0.15, 0.2) is 134 Å². The summed E-state index contributed by atoms with van der Waals surface area (Å²) in [5.41, 5.74) is 7.13. The first-order valence-corrected chi connectivity index (χ1v) is 18.9. The summed E-state index contributed by atoms with van der Waals surface area (Å²) in [6.45, 7) is 5.24. The van der Waals surface area contributed by atoms with Gasteiger partial charge < -0.3 is 18.6 Å². The average Bonchev–Trinajstić information content (AvgIpc) is 4.02. The molecule has 2 aliphatic heterocycles. The van der Waals surface area contributed by atoms with Crippen LogP contribution in [0.5, 0.6) is 11.5 Å². The van der Waals surface area contributed by atoms with E-state index in [0.29, 0.717) is 0 Å². The van der Waals surface area contributed by atoms with Gasteiger partial charge in [0.1, 0.15) is 17.3 Å². The third-order valence-electron chi connectivity index (χ3n) is 10.5. The van der Waals surface area contributed by atoms with Gasteiger partial charge in [-0.2, -0.15) is 0 Å². The molecule has 2 aliphatic rings. The molecular formula is C45H50FN5O2. The Hall–Kier alpha value is -5.18. The summed E-state index contributed by atoms with van der Waals surface area (Å²) in [5, 5.41) is 0. The van der Waals surface area contributed by atoms with Crippen LogP contribution < -0.4 is 9.47 Å². The Labute approximate surface area is 313 Å². The maximum Gasteiger partial charge on any atom is 0.124 e. The molecule has 3 aromatic carbocycles. The number of ether oxygens (including phenoxy) is 2. The van der Waals surface area contributed by atoms with E-state index in [0.717, 1.165) is 49.9 Å². The fourth-order valence-corrected chi connectivity index (χ4v) is 8.01. The Bertz CT molecular complexity index is 2010. The van der Waals surface area contributed by atoms with Crippen LogP contribution in [-0.4, -0.2) is 64.3 Å². The number of likely N-dealkylation sites (tertiary alicyclic amines) is 2. The molecule has 2 atom stereocenters. The summed E-state index contributed by atoms with van der Waals surface area (Å²) >= 11 is 0. The molecule has 274 valence electrons. The van der Waals surface area contributed by atoms with E-state index in [1.807, 2.05) is 48.9 Å². The Morgan fingerprint density at radius 1 is 0.585 bits per heavy atom. The van der Waals surface area contributed by atoms with Gasteiger partial charge in [-0.1, -0.05) is 42.8 Å². The number of benzene rings is 3. The highest BCUT2D eigenvalue weighted by molar-refractivity contribution is 5.44. The molecule has 0 radical (unpaired) electrons. The number of nitrogens with zero attached hydrogens (tertiary/aromatic N) is 5. The van der Waals surface area contributed by atoms with Gasteiger partial charge in [0.2, 0.25) is 0 Å². The minimum Gasteiger partial charge on any atom is -0.496 e. The summed E-state index contributed by atoms with van der Waals surface area (Å²) in [7, 11) is 3.49. The van der Waals surface area contributed by atoms with E-state index in [1.54, 1.807) is 14.2 Å². The second-order valence-corrected chi connectivity index (χ2v) is 13.8. The second-order valence-electron chi connectivity index (χ2n) is 13.8. The first-order valence-electron chi connectivity index (χ1n) is 18.9. The van der Waals surface area contributed by atoms with Gasteiger partial charge in [-0.3, -0.25) is 14.8 Å². The van der Waals surface area contributed by atoms with Crippen LogP contribution in [0.4, 0.5) is 4.39 Å². The molecule has 0 aliphatic carbocycles. The van der Waals surface area contributed by atoms with Crippen LogP contribution in [0.1, 0.15) is 72.3 Å². The lowest BCUT2D eigenvalue weighted by molar-refractivity contribution is 0.179. The van der Waals surface area contributed by atoms with E-state index < -0.39 is 0 Å². The normalized spacial score (nSPS) is 16.1. The lowest BCUT2D eigenvalue weighted by atomic mass is 9.97. The second kappa shape index (κ2) is 17.6. The zero-order valence-electron chi connectivity index (χ0n) is 30.9. The smallest absolute Gasteiger partial charge is 0.124 e.